The van der Waals surface area contributed by atoms with Gasteiger partial charge in [-0.05, 0) is 40.5 Å². The summed E-state index contributed by atoms with van der Waals surface area (Å²) in [4.78, 5) is 9.83. The number of imidazole rings is 1. The molecule has 0 N–H and O–H groups in total. The second kappa shape index (κ2) is 15.7. The Morgan fingerprint density at radius 1 is 0.655 bits per heavy atom. The van der Waals surface area contributed by atoms with Crippen molar-refractivity contribution in [3.8, 4) is 28.3 Å². The third-order valence-corrected chi connectivity index (χ3v) is 14.5. The predicted molar refractivity (Wildman–Crippen MR) is 230 cm³/mol. The standard InChI is InChI=1S/C35H29N2O.C14H16GeN.Ir/c1-21(2)24-14-9-15-25(22(3)4)32(24)37-33-26-12-6-5-11-23(26)19-20-30(33)36-35(37)29-17-10-16-28-27-13-7-8-18-31(27)38-34(28)29;1-15(2,3)13-9-10-14(16-11-13)12-7-5-4-6-8-12;/h5-16,18-22H,1-4H3;4-7,9-11H,1-3H3;/q2*-1;. The number of rotatable bonds is 6. The number of nitrogens with zero attached hydrogens (tertiary/aromatic N) is 3. The smallest absolute Gasteiger partial charge is 0 e. The molecule has 0 saturated carbocycles. The minimum atomic E-state index is -1.72. The Morgan fingerprint density at radius 3 is 2.04 bits per heavy atom. The number of benzene rings is 6. The van der Waals surface area contributed by atoms with Crippen molar-refractivity contribution in [3.05, 3.63) is 157 Å². The number of aromatic nitrogens is 3. The van der Waals surface area contributed by atoms with Gasteiger partial charge in [0.2, 0.25) is 0 Å². The largest absolute Gasteiger partial charge is 0 e. The van der Waals surface area contributed by atoms with E-state index < -0.39 is 13.3 Å². The van der Waals surface area contributed by atoms with Crippen molar-refractivity contribution in [1.29, 1.82) is 0 Å². The van der Waals surface area contributed by atoms with E-state index in [9.17, 15) is 0 Å². The number of hydrogen-bond acceptors (Lipinski definition) is 3. The van der Waals surface area contributed by atoms with Gasteiger partial charge in [-0.2, -0.15) is 0 Å². The van der Waals surface area contributed by atoms with Crippen molar-refractivity contribution in [3.63, 3.8) is 0 Å². The zero-order valence-corrected chi connectivity index (χ0v) is 36.9. The average molecular weight is 957 g/mol. The van der Waals surface area contributed by atoms with E-state index in [1.807, 2.05) is 48.7 Å². The Kier molecular flexibility index (Phi) is 11.0. The minimum absolute atomic E-state index is 0. The number of pyridine rings is 1. The molecule has 0 atom stereocenters. The molecule has 55 heavy (non-hydrogen) atoms. The molecule has 0 bridgehead atoms. The normalized spacial score (nSPS) is 11.7. The molecule has 0 amide bonds. The first-order valence-electron chi connectivity index (χ1n) is 18.9. The van der Waals surface area contributed by atoms with Crippen LogP contribution in [0.25, 0.3) is 72.1 Å². The van der Waals surface area contributed by atoms with Crippen LogP contribution in [0, 0.1) is 12.1 Å². The van der Waals surface area contributed by atoms with Crippen molar-refractivity contribution in [2.45, 2.75) is 56.8 Å². The van der Waals surface area contributed by atoms with Gasteiger partial charge in [-0.1, -0.05) is 105 Å². The fourth-order valence-electron chi connectivity index (χ4n) is 7.40. The van der Waals surface area contributed by atoms with Gasteiger partial charge in [-0.25, -0.2) is 0 Å². The molecule has 6 heteroatoms. The van der Waals surface area contributed by atoms with Gasteiger partial charge in [0.15, 0.2) is 0 Å². The number of fused-ring (bicyclic) bond motifs is 6. The van der Waals surface area contributed by atoms with E-state index >= 15 is 0 Å². The summed E-state index contributed by atoms with van der Waals surface area (Å²) in [7, 11) is 0. The molecule has 3 heterocycles. The zero-order chi connectivity index (χ0) is 37.6. The van der Waals surface area contributed by atoms with Crippen molar-refractivity contribution < 1.29 is 24.5 Å². The maximum atomic E-state index is 6.48. The van der Waals surface area contributed by atoms with Crippen LogP contribution in [0.1, 0.15) is 50.7 Å². The van der Waals surface area contributed by atoms with Gasteiger partial charge in [-0.3, -0.25) is 4.98 Å². The molecule has 9 aromatic rings. The molecule has 0 fully saturated rings. The molecule has 0 saturated heterocycles. The quantitative estimate of drug-likeness (QED) is 0.123. The molecular weight excluding hydrogens is 911 g/mol. The van der Waals surface area contributed by atoms with Crippen LogP contribution in [-0.2, 0) is 20.1 Å². The Morgan fingerprint density at radius 2 is 1.36 bits per heavy atom. The van der Waals surface area contributed by atoms with E-state index in [0.29, 0.717) is 11.8 Å². The van der Waals surface area contributed by atoms with Crippen LogP contribution >= 0.6 is 0 Å². The molecule has 9 rings (SSSR count). The van der Waals surface area contributed by atoms with Crippen LogP contribution in [-0.4, -0.2) is 27.8 Å². The molecule has 4 nitrogen and oxygen atoms in total. The monoisotopic (exact) mass is 958 g/mol. The second-order valence-electron chi connectivity index (χ2n) is 15.7. The van der Waals surface area contributed by atoms with Crippen molar-refractivity contribution in [2.75, 3.05) is 0 Å². The minimum Gasteiger partial charge on any atom is 0 e. The van der Waals surface area contributed by atoms with Crippen molar-refractivity contribution in [2.24, 2.45) is 0 Å². The first-order chi connectivity index (χ1) is 26.1. The number of furan rings is 1. The second-order valence-corrected chi connectivity index (χ2v) is 26.3. The zero-order valence-electron chi connectivity index (χ0n) is 32.4. The summed E-state index contributed by atoms with van der Waals surface area (Å²) in [5.74, 6) is 8.68. The predicted octanol–water partition coefficient (Wildman–Crippen LogP) is 12.9. The molecule has 3 aromatic heterocycles. The summed E-state index contributed by atoms with van der Waals surface area (Å²) >= 11 is -1.72. The molecule has 0 spiro atoms. The Labute approximate surface area is 340 Å². The van der Waals surface area contributed by atoms with Gasteiger partial charge in [0.05, 0.1) is 22.4 Å². The Balaban J connectivity index is 0.000000231. The fraction of sp³-hybridized carbons (Fsp3) is 0.184. The van der Waals surface area contributed by atoms with E-state index in [1.54, 1.807) is 0 Å². The van der Waals surface area contributed by atoms with Gasteiger partial charge in [0, 0.05) is 36.6 Å². The van der Waals surface area contributed by atoms with Crippen LogP contribution in [0.15, 0.2) is 138 Å². The van der Waals surface area contributed by atoms with Gasteiger partial charge in [0.25, 0.3) is 0 Å². The maximum Gasteiger partial charge on any atom is 0 e. The van der Waals surface area contributed by atoms with E-state index in [1.165, 1.54) is 32.0 Å². The van der Waals surface area contributed by atoms with E-state index in [4.69, 9.17) is 9.40 Å². The summed E-state index contributed by atoms with van der Waals surface area (Å²) in [6.07, 6.45) is 2.04. The molecule has 0 aliphatic heterocycles. The molecular formula is C49H45GeIrN3O-2. The summed E-state index contributed by atoms with van der Waals surface area (Å²) in [5, 5.41) is 4.58. The van der Waals surface area contributed by atoms with E-state index in [0.717, 1.165) is 55.6 Å². The number of hydrogen-bond donors (Lipinski definition) is 0. The van der Waals surface area contributed by atoms with Gasteiger partial charge >= 0.3 is 99.8 Å². The van der Waals surface area contributed by atoms with Gasteiger partial charge in [-0.15, -0.1) is 18.2 Å². The molecule has 277 valence electrons. The first-order valence-corrected chi connectivity index (χ1v) is 26.2. The molecule has 6 aromatic carbocycles. The Bertz CT molecular complexity index is 2730. The SMILES string of the molecule is CC(C)c1cccc(C(C)C)c1-n1c(-c2[c-]ccc3c2oc2ccccc23)nc2ccc3ccccc3c21.[CH3][Ge]([CH3])([CH3])[c]1ccc(-c2[c-]cccc2)nc1.[Ir]. The van der Waals surface area contributed by atoms with Gasteiger partial charge in [0.1, 0.15) is 5.58 Å². The third kappa shape index (κ3) is 7.34. The first kappa shape index (κ1) is 38.5. The average Bonchev–Trinajstić information content (AvgIpc) is 3.77. The molecule has 0 aliphatic carbocycles. The third-order valence-electron chi connectivity index (χ3n) is 10.3. The van der Waals surface area contributed by atoms with Crippen LogP contribution in [0.4, 0.5) is 0 Å². The molecule has 1 radical (unpaired) electrons. The maximum absolute atomic E-state index is 6.48. The van der Waals surface area contributed by atoms with Crippen molar-refractivity contribution >= 4 is 61.4 Å². The summed E-state index contributed by atoms with van der Waals surface area (Å²) in [6.45, 7) is 9.08. The summed E-state index contributed by atoms with van der Waals surface area (Å²) in [6, 6.07) is 50.9. The van der Waals surface area contributed by atoms with Crippen LogP contribution in [0.3, 0.4) is 0 Å². The van der Waals surface area contributed by atoms with Gasteiger partial charge < -0.3 is 8.98 Å². The van der Waals surface area contributed by atoms with Crippen LogP contribution in [0.2, 0.25) is 17.3 Å². The summed E-state index contributed by atoms with van der Waals surface area (Å²) in [5.41, 5.74) is 10.6. The fourth-order valence-corrected chi connectivity index (χ4v) is 9.57. The van der Waals surface area contributed by atoms with Crippen LogP contribution < -0.4 is 4.40 Å². The van der Waals surface area contributed by atoms with Crippen LogP contribution in [0.5, 0.6) is 0 Å². The Hall–Kier alpha value is -4.81. The van der Waals surface area contributed by atoms with E-state index in [2.05, 4.69) is 152 Å². The molecule has 0 unspecified atom stereocenters. The van der Waals surface area contributed by atoms with Crippen molar-refractivity contribution in [1.82, 2.24) is 14.5 Å². The summed E-state index contributed by atoms with van der Waals surface area (Å²) < 4.78 is 10.3. The topological polar surface area (TPSA) is 43.9 Å². The number of para-hydroxylation sites is 2. The molecule has 0 aliphatic rings. The van der Waals surface area contributed by atoms with E-state index in [-0.39, 0.29) is 20.1 Å².